The van der Waals surface area contributed by atoms with Crippen molar-refractivity contribution in [3.05, 3.63) is 0 Å². The van der Waals surface area contributed by atoms with Crippen LogP contribution in [0.1, 0.15) is 26.2 Å². The van der Waals surface area contributed by atoms with Crippen molar-refractivity contribution in [2.24, 2.45) is 0 Å². The maximum atomic E-state index is 11.0. The molecule has 0 atom stereocenters. The molecule has 0 fully saturated rings. The molecule has 3 N–H and O–H groups in total. The molecule has 0 aliphatic heterocycles. The fourth-order valence-corrected chi connectivity index (χ4v) is 1.45. The predicted octanol–water partition coefficient (Wildman–Crippen LogP) is 0.572. The van der Waals surface area contributed by atoms with Gasteiger partial charge in [-0.15, -0.1) is 0 Å². The minimum absolute atomic E-state index is 0.0378. The Bertz CT molecular complexity index is 226. The van der Waals surface area contributed by atoms with Gasteiger partial charge in [-0.2, -0.15) is 0 Å². The zero-order chi connectivity index (χ0) is 11.2. The predicted molar refractivity (Wildman–Crippen MR) is 49.9 cm³/mol. The van der Waals surface area contributed by atoms with Crippen molar-refractivity contribution in [1.29, 1.82) is 0 Å². The topological polar surface area (TPSA) is 98.1 Å². The van der Waals surface area contributed by atoms with Crippen molar-refractivity contribution in [3.8, 4) is 0 Å². The average molecular weight is 225 g/mol. The molecule has 1 amide bonds. The standard InChI is InChI=1S/C7H16NO5P/c1-2-4-7(9)8(10)5-3-6-14(11,12)13/h10H,2-6H2,1H3,(H2,11,12,13). The fraction of sp³-hybridized carbons (Fsp3) is 0.857. The van der Waals surface area contributed by atoms with E-state index in [1.807, 2.05) is 0 Å². The molecule has 0 aromatic carbocycles. The van der Waals surface area contributed by atoms with Gasteiger partial charge in [0.25, 0.3) is 0 Å². The molecule has 0 rings (SSSR count). The van der Waals surface area contributed by atoms with Crippen LogP contribution in [0.15, 0.2) is 0 Å². The number of hydrogen-bond acceptors (Lipinski definition) is 3. The molecule has 0 radical (unpaired) electrons. The van der Waals surface area contributed by atoms with Crippen LogP contribution in [0, 0.1) is 0 Å². The van der Waals surface area contributed by atoms with Crippen molar-refractivity contribution < 1.29 is 24.4 Å². The molecule has 14 heavy (non-hydrogen) atoms. The van der Waals surface area contributed by atoms with E-state index in [4.69, 9.17) is 15.0 Å². The lowest BCUT2D eigenvalue weighted by atomic mass is 10.3. The van der Waals surface area contributed by atoms with Gasteiger partial charge < -0.3 is 9.79 Å². The van der Waals surface area contributed by atoms with Crippen LogP contribution >= 0.6 is 7.60 Å². The van der Waals surface area contributed by atoms with Gasteiger partial charge in [-0.05, 0) is 12.8 Å². The molecule has 0 saturated heterocycles. The molecule has 6 nitrogen and oxygen atoms in total. The largest absolute Gasteiger partial charge is 0.325 e. The highest BCUT2D eigenvalue weighted by Crippen LogP contribution is 2.34. The zero-order valence-electron chi connectivity index (χ0n) is 8.09. The Balaban J connectivity index is 3.69. The molecule has 84 valence electrons. The summed E-state index contributed by atoms with van der Waals surface area (Å²) in [5, 5.41) is 9.59. The average Bonchev–Trinajstić information content (AvgIpc) is 2.02. The number of nitrogens with zero attached hydrogens (tertiary/aromatic N) is 1. The summed E-state index contributed by atoms with van der Waals surface area (Å²) >= 11 is 0. The Morgan fingerprint density at radius 1 is 1.43 bits per heavy atom. The molecular weight excluding hydrogens is 209 g/mol. The lowest BCUT2D eigenvalue weighted by Gasteiger charge is -2.14. The molecule has 0 aromatic heterocycles. The summed E-state index contributed by atoms with van der Waals surface area (Å²) < 4.78 is 10.4. The van der Waals surface area contributed by atoms with Gasteiger partial charge in [-0.25, -0.2) is 5.06 Å². The van der Waals surface area contributed by atoms with Gasteiger partial charge in [-0.1, -0.05) is 6.92 Å². The van der Waals surface area contributed by atoms with Crippen molar-refractivity contribution in [2.75, 3.05) is 12.7 Å². The molecule has 0 spiro atoms. The summed E-state index contributed by atoms with van der Waals surface area (Å²) in [6.45, 7) is 1.77. The first-order valence-corrected chi connectivity index (χ1v) is 6.20. The van der Waals surface area contributed by atoms with E-state index in [0.717, 1.165) is 0 Å². The van der Waals surface area contributed by atoms with Crippen LogP contribution < -0.4 is 0 Å². The molecule has 7 heteroatoms. The van der Waals surface area contributed by atoms with Crippen molar-refractivity contribution in [3.63, 3.8) is 0 Å². The third-order valence-electron chi connectivity index (χ3n) is 1.57. The molecule has 0 heterocycles. The second-order valence-corrected chi connectivity index (χ2v) is 4.79. The Kier molecular flexibility index (Phi) is 5.95. The van der Waals surface area contributed by atoms with E-state index in [9.17, 15) is 9.36 Å². The highest BCUT2D eigenvalue weighted by Gasteiger charge is 2.14. The van der Waals surface area contributed by atoms with E-state index in [-0.39, 0.29) is 25.5 Å². The van der Waals surface area contributed by atoms with E-state index in [1.165, 1.54) is 0 Å². The molecule has 0 aromatic rings. The monoisotopic (exact) mass is 225 g/mol. The van der Waals surface area contributed by atoms with Crippen molar-refractivity contribution >= 4 is 13.5 Å². The summed E-state index contributed by atoms with van der Waals surface area (Å²) in [6.07, 6.45) is 0.653. The van der Waals surface area contributed by atoms with Crippen LogP contribution in [-0.2, 0) is 9.36 Å². The third-order valence-corrected chi connectivity index (χ3v) is 2.47. The van der Waals surface area contributed by atoms with Crippen molar-refractivity contribution in [1.82, 2.24) is 5.06 Å². The first-order chi connectivity index (χ1) is 6.37. The minimum atomic E-state index is -4.02. The summed E-state index contributed by atoms with van der Waals surface area (Å²) in [5.74, 6) is -0.418. The van der Waals surface area contributed by atoms with Crippen LogP contribution in [-0.4, -0.2) is 38.7 Å². The molecule has 0 unspecified atom stereocenters. The third kappa shape index (κ3) is 7.03. The summed E-state index contributed by atoms with van der Waals surface area (Å²) in [4.78, 5) is 28.0. The minimum Gasteiger partial charge on any atom is -0.324 e. The summed E-state index contributed by atoms with van der Waals surface area (Å²) in [7, 11) is -4.02. The number of rotatable bonds is 6. The van der Waals surface area contributed by atoms with Crippen LogP contribution in [0.3, 0.4) is 0 Å². The number of amides is 1. The Labute approximate surface area is 82.6 Å². The first kappa shape index (κ1) is 13.6. The van der Waals surface area contributed by atoms with Gasteiger partial charge in [0.05, 0.1) is 6.16 Å². The van der Waals surface area contributed by atoms with Crippen LogP contribution in [0.5, 0.6) is 0 Å². The van der Waals surface area contributed by atoms with E-state index >= 15 is 0 Å². The lowest BCUT2D eigenvalue weighted by molar-refractivity contribution is -0.165. The molecule has 0 aliphatic carbocycles. The van der Waals surface area contributed by atoms with Gasteiger partial charge >= 0.3 is 7.60 Å². The second-order valence-electron chi connectivity index (χ2n) is 3.01. The number of hydrogen-bond donors (Lipinski definition) is 3. The normalized spacial score (nSPS) is 11.4. The number of carbonyl (C=O) groups is 1. The molecule has 0 bridgehead atoms. The van der Waals surface area contributed by atoms with Gasteiger partial charge in [0.15, 0.2) is 0 Å². The van der Waals surface area contributed by atoms with Crippen molar-refractivity contribution in [2.45, 2.75) is 26.2 Å². The SMILES string of the molecule is CCCC(=O)N(O)CCCP(=O)(O)O. The van der Waals surface area contributed by atoms with Gasteiger partial charge in [0.2, 0.25) is 5.91 Å². The van der Waals surface area contributed by atoms with E-state index in [0.29, 0.717) is 11.5 Å². The maximum absolute atomic E-state index is 11.0. The van der Waals surface area contributed by atoms with Gasteiger partial charge in [0.1, 0.15) is 0 Å². The Morgan fingerprint density at radius 2 is 2.00 bits per heavy atom. The molecule has 0 aliphatic rings. The lowest BCUT2D eigenvalue weighted by Crippen LogP contribution is -2.28. The van der Waals surface area contributed by atoms with E-state index in [1.54, 1.807) is 6.92 Å². The molecular formula is C7H16NO5P. The summed E-state index contributed by atoms with van der Waals surface area (Å²) in [5.41, 5.74) is 0. The van der Waals surface area contributed by atoms with Crippen LogP contribution in [0.2, 0.25) is 0 Å². The quantitative estimate of drug-likeness (QED) is 0.349. The number of carbonyl (C=O) groups excluding carboxylic acids is 1. The Hall–Kier alpha value is -0.420. The highest BCUT2D eigenvalue weighted by molar-refractivity contribution is 7.51. The summed E-state index contributed by atoms with van der Waals surface area (Å²) in [6, 6.07) is 0. The smallest absolute Gasteiger partial charge is 0.324 e. The fourth-order valence-electron chi connectivity index (χ4n) is 0.894. The maximum Gasteiger partial charge on any atom is 0.325 e. The zero-order valence-corrected chi connectivity index (χ0v) is 8.98. The molecule has 0 saturated carbocycles. The van der Waals surface area contributed by atoms with Crippen LogP contribution in [0.4, 0.5) is 0 Å². The van der Waals surface area contributed by atoms with Gasteiger partial charge in [0, 0.05) is 13.0 Å². The second kappa shape index (κ2) is 6.14. The van der Waals surface area contributed by atoms with E-state index in [2.05, 4.69) is 0 Å². The highest BCUT2D eigenvalue weighted by atomic mass is 31.2. The number of hydroxylamine groups is 2. The van der Waals surface area contributed by atoms with Gasteiger partial charge in [-0.3, -0.25) is 14.6 Å². The van der Waals surface area contributed by atoms with Crippen LogP contribution in [0.25, 0.3) is 0 Å². The first-order valence-electron chi connectivity index (χ1n) is 4.40. The Morgan fingerprint density at radius 3 is 2.43 bits per heavy atom. The van der Waals surface area contributed by atoms with E-state index < -0.39 is 13.5 Å².